The van der Waals surface area contributed by atoms with E-state index in [0.29, 0.717) is 22.6 Å². The Morgan fingerprint density at radius 1 is 0.762 bits per heavy atom. The molecule has 0 aliphatic carbocycles. The lowest BCUT2D eigenvalue weighted by atomic mass is 10.0. The minimum atomic E-state index is 0.502. The molecule has 0 spiro atoms. The third-order valence-electron chi connectivity index (χ3n) is 3.29. The Labute approximate surface area is 121 Å². The van der Waals surface area contributed by atoms with Crippen molar-refractivity contribution in [1.82, 2.24) is 0 Å². The van der Waals surface area contributed by atoms with Crippen molar-refractivity contribution in [3.63, 3.8) is 0 Å². The number of rotatable bonds is 4. The van der Waals surface area contributed by atoms with Gasteiger partial charge in [-0.25, -0.2) is 0 Å². The predicted molar refractivity (Wildman–Crippen MR) is 81.2 cm³/mol. The number of carbonyl (C=O) groups excluding carboxylic acids is 2. The van der Waals surface area contributed by atoms with E-state index in [2.05, 4.69) is 0 Å². The van der Waals surface area contributed by atoms with Crippen LogP contribution in [-0.4, -0.2) is 12.6 Å². The van der Waals surface area contributed by atoms with Crippen molar-refractivity contribution >= 4 is 23.3 Å². The van der Waals surface area contributed by atoms with Gasteiger partial charge in [0.1, 0.15) is 17.8 Å². The van der Waals surface area contributed by atoms with Gasteiger partial charge in [0.15, 0.2) is 6.29 Å². The first-order valence-corrected chi connectivity index (χ1v) is 6.52. The molecule has 102 valence electrons. The van der Waals surface area contributed by atoms with Crippen LogP contribution in [0.3, 0.4) is 0 Å². The van der Waals surface area contributed by atoms with Gasteiger partial charge in [-0.2, -0.15) is 0 Å². The summed E-state index contributed by atoms with van der Waals surface area (Å²) in [6.45, 7) is 0. The van der Waals surface area contributed by atoms with E-state index in [-0.39, 0.29) is 0 Å². The highest BCUT2D eigenvalue weighted by Gasteiger charge is 2.08. The molecule has 0 fully saturated rings. The Bertz CT molecular complexity index is 804. The van der Waals surface area contributed by atoms with Crippen LogP contribution in [0.2, 0.25) is 0 Å². The number of carbonyl (C=O) groups is 2. The van der Waals surface area contributed by atoms with E-state index in [0.717, 1.165) is 23.3 Å². The smallest absolute Gasteiger partial charge is 0.154 e. The number of aldehydes is 2. The van der Waals surface area contributed by atoms with Crippen molar-refractivity contribution in [1.29, 1.82) is 0 Å². The topological polar surface area (TPSA) is 43.4 Å². The number of benzene rings is 3. The van der Waals surface area contributed by atoms with Gasteiger partial charge in [-0.1, -0.05) is 30.3 Å². The zero-order valence-corrected chi connectivity index (χ0v) is 11.2. The third-order valence-corrected chi connectivity index (χ3v) is 3.29. The van der Waals surface area contributed by atoms with Crippen molar-refractivity contribution in [2.75, 3.05) is 0 Å². The van der Waals surface area contributed by atoms with Gasteiger partial charge >= 0.3 is 0 Å². The maximum absolute atomic E-state index is 11.4. The van der Waals surface area contributed by atoms with Gasteiger partial charge in [-0.3, -0.25) is 9.59 Å². The molecular formula is C18H12O3. The summed E-state index contributed by atoms with van der Waals surface area (Å²) in [5.41, 5.74) is 1.10. The Kier molecular flexibility index (Phi) is 3.48. The van der Waals surface area contributed by atoms with Crippen molar-refractivity contribution in [2.24, 2.45) is 0 Å². The average molecular weight is 276 g/mol. The van der Waals surface area contributed by atoms with Gasteiger partial charge in [0.05, 0.1) is 5.56 Å². The molecule has 0 N–H and O–H groups in total. The molecule has 3 aromatic rings. The Morgan fingerprint density at radius 3 is 2.24 bits per heavy atom. The quantitative estimate of drug-likeness (QED) is 0.669. The molecule has 21 heavy (non-hydrogen) atoms. The molecule has 0 atom stereocenters. The first-order chi connectivity index (χ1) is 10.3. The summed E-state index contributed by atoms with van der Waals surface area (Å²) >= 11 is 0. The highest BCUT2D eigenvalue weighted by atomic mass is 16.5. The van der Waals surface area contributed by atoms with Gasteiger partial charge in [0.25, 0.3) is 0 Å². The highest BCUT2D eigenvalue weighted by molar-refractivity contribution is 6.00. The summed E-state index contributed by atoms with van der Waals surface area (Å²) in [6, 6.07) is 18.1. The molecule has 0 bridgehead atoms. The van der Waals surface area contributed by atoms with Crippen LogP contribution in [0.1, 0.15) is 20.7 Å². The largest absolute Gasteiger partial charge is 0.457 e. The lowest BCUT2D eigenvalue weighted by molar-refractivity contribution is 0.111. The van der Waals surface area contributed by atoms with Crippen LogP contribution in [-0.2, 0) is 0 Å². The van der Waals surface area contributed by atoms with E-state index < -0.39 is 0 Å². The zero-order valence-electron chi connectivity index (χ0n) is 11.2. The normalized spacial score (nSPS) is 10.3. The lowest BCUT2D eigenvalue weighted by Gasteiger charge is -2.10. The first kappa shape index (κ1) is 13.1. The van der Waals surface area contributed by atoms with E-state index in [1.807, 2.05) is 30.3 Å². The Morgan fingerprint density at radius 2 is 1.52 bits per heavy atom. The number of hydrogen-bond donors (Lipinski definition) is 0. The fraction of sp³-hybridized carbons (Fsp3) is 0. The van der Waals surface area contributed by atoms with Gasteiger partial charge in [-0.05, 0) is 41.1 Å². The molecule has 0 aliphatic heterocycles. The number of hydrogen-bond acceptors (Lipinski definition) is 3. The zero-order chi connectivity index (χ0) is 14.7. The van der Waals surface area contributed by atoms with Crippen LogP contribution in [0.4, 0.5) is 0 Å². The molecular weight excluding hydrogens is 264 g/mol. The van der Waals surface area contributed by atoms with Gasteiger partial charge in [0.2, 0.25) is 0 Å². The second-order valence-electron chi connectivity index (χ2n) is 4.61. The third kappa shape index (κ3) is 2.54. The van der Waals surface area contributed by atoms with Crippen LogP contribution in [0, 0.1) is 0 Å². The first-order valence-electron chi connectivity index (χ1n) is 6.52. The molecule has 0 aromatic heterocycles. The van der Waals surface area contributed by atoms with E-state index in [4.69, 9.17) is 4.74 Å². The average Bonchev–Trinajstić information content (AvgIpc) is 2.55. The highest BCUT2D eigenvalue weighted by Crippen LogP contribution is 2.30. The minimum absolute atomic E-state index is 0.502. The Hall–Kier alpha value is -2.94. The molecule has 0 saturated carbocycles. The standard InChI is InChI=1S/C18H12O3/c19-11-13-5-8-15(9-6-13)21-18-10-7-14-3-1-2-4-16(14)17(18)12-20/h1-12H. The summed E-state index contributed by atoms with van der Waals surface area (Å²) in [5, 5.41) is 1.85. The van der Waals surface area contributed by atoms with Crippen molar-refractivity contribution in [3.05, 3.63) is 71.8 Å². The van der Waals surface area contributed by atoms with Gasteiger partial charge < -0.3 is 4.74 Å². The fourth-order valence-corrected chi connectivity index (χ4v) is 2.23. The predicted octanol–water partition coefficient (Wildman–Crippen LogP) is 4.26. The molecule has 0 heterocycles. The van der Waals surface area contributed by atoms with Crippen molar-refractivity contribution < 1.29 is 14.3 Å². The van der Waals surface area contributed by atoms with Crippen molar-refractivity contribution in [3.8, 4) is 11.5 Å². The monoisotopic (exact) mass is 276 g/mol. The van der Waals surface area contributed by atoms with E-state index in [9.17, 15) is 9.59 Å². The van der Waals surface area contributed by atoms with Crippen molar-refractivity contribution in [2.45, 2.75) is 0 Å². The lowest BCUT2D eigenvalue weighted by Crippen LogP contribution is -1.92. The fourth-order valence-electron chi connectivity index (χ4n) is 2.23. The summed E-state index contributed by atoms with van der Waals surface area (Å²) in [5.74, 6) is 1.08. The molecule has 3 rings (SSSR count). The van der Waals surface area contributed by atoms with Crippen LogP contribution in [0.15, 0.2) is 60.7 Å². The molecule has 0 saturated heterocycles. The number of fused-ring (bicyclic) bond motifs is 1. The summed E-state index contributed by atoms with van der Waals surface area (Å²) < 4.78 is 5.76. The van der Waals surface area contributed by atoms with Gasteiger partial charge in [0, 0.05) is 5.56 Å². The molecule has 3 nitrogen and oxygen atoms in total. The Balaban J connectivity index is 2.03. The van der Waals surface area contributed by atoms with Crippen LogP contribution < -0.4 is 4.74 Å². The summed E-state index contributed by atoms with van der Waals surface area (Å²) in [7, 11) is 0. The molecule has 0 aliphatic rings. The van der Waals surface area contributed by atoms with Gasteiger partial charge in [-0.15, -0.1) is 0 Å². The summed E-state index contributed by atoms with van der Waals surface area (Å²) in [6.07, 6.45) is 1.58. The van der Waals surface area contributed by atoms with Crippen LogP contribution in [0.25, 0.3) is 10.8 Å². The summed E-state index contributed by atoms with van der Waals surface area (Å²) in [4.78, 5) is 22.0. The maximum atomic E-state index is 11.4. The van der Waals surface area contributed by atoms with E-state index >= 15 is 0 Å². The maximum Gasteiger partial charge on any atom is 0.154 e. The molecule has 0 amide bonds. The SMILES string of the molecule is O=Cc1ccc(Oc2ccc3ccccc3c2C=O)cc1. The van der Waals surface area contributed by atoms with Crippen LogP contribution in [0.5, 0.6) is 11.5 Å². The van der Waals surface area contributed by atoms with Crippen LogP contribution >= 0.6 is 0 Å². The molecule has 3 aromatic carbocycles. The second kappa shape index (κ2) is 5.59. The minimum Gasteiger partial charge on any atom is -0.457 e. The second-order valence-corrected chi connectivity index (χ2v) is 4.61. The number of ether oxygens (including phenoxy) is 1. The van der Waals surface area contributed by atoms with E-state index in [1.165, 1.54) is 0 Å². The molecule has 0 unspecified atom stereocenters. The molecule has 0 radical (unpaired) electrons. The van der Waals surface area contributed by atoms with E-state index in [1.54, 1.807) is 30.3 Å². The molecule has 3 heteroatoms.